The molecule has 3 N–H and O–H groups in total. The van der Waals surface area contributed by atoms with Crippen molar-refractivity contribution in [2.24, 2.45) is 5.73 Å². The number of aromatic amines is 1. The highest BCUT2D eigenvalue weighted by Crippen LogP contribution is 2.23. The normalized spacial score (nSPS) is 10.7. The van der Waals surface area contributed by atoms with E-state index in [9.17, 15) is 4.39 Å². The molecule has 0 aliphatic heterocycles. The fourth-order valence-electron chi connectivity index (χ4n) is 1.75. The van der Waals surface area contributed by atoms with Gasteiger partial charge in [0.25, 0.3) is 0 Å². The van der Waals surface area contributed by atoms with E-state index in [1.807, 2.05) is 6.92 Å². The number of nitrogens with two attached hydrogens (primary N) is 1. The molecule has 0 aliphatic carbocycles. The third-order valence-corrected chi connectivity index (χ3v) is 2.59. The van der Waals surface area contributed by atoms with Crippen LogP contribution in [0.2, 0.25) is 0 Å². The molecule has 84 valence electrons. The van der Waals surface area contributed by atoms with Crippen molar-refractivity contribution in [1.82, 2.24) is 10.2 Å². The first-order valence-electron chi connectivity index (χ1n) is 5.22. The van der Waals surface area contributed by atoms with E-state index in [0.717, 1.165) is 28.9 Å². The van der Waals surface area contributed by atoms with Gasteiger partial charge >= 0.3 is 0 Å². The van der Waals surface area contributed by atoms with Gasteiger partial charge < -0.3 is 5.73 Å². The molecule has 0 radical (unpaired) electrons. The van der Waals surface area contributed by atoms with Crippen molar-refractivity contribution in [2.75, 3.05) is 6.54 Å². The van der Waals surface area contributed by atoms with E-state index in [-0.39, 0.29) is 5.82 Å². The summed E-state index contributed by atoms with van der Waals surface area (Å²) >= 11 is 0. The number of nitrogens with one attached hydrogen (secondary N) is 1. The van der Waals surface area contributed by atoms with Crippen LogP contribution in [0, 0.1) is 12.7 Å². The lowest BCUT2D eigenvalue weighted by Gasteiger charge is -2.02. The molecule has 0 spiro atoms. The molecule has 0 unspecified atom stereocenters. The summed E-state index contributed by atoms with van der Waals surface area (Å²) in [5, 5.41) is 7.17. The van der Waals surface area contributed by atoms with Gasteiger partial charge in [-0.25, -0.2) is 4.39 Å². The Balaban J connectivity index is 2.43. The fourth-order valence-corrected chi connectivity index (χ4v) is 1.75. The lowest BCUT2D eigenvalue weighted by Crippen LogP contribution is -2.04. The maximum absolute atomic E-state index is 12.8. The monoisotopic (exact) mass is 219 g/mol. The van der Waals surface area contributed by atoms with Gasteiger partial charge in [-0.05, 0) is 44.2 Å². The van der Waals surface area contributed by atoms with Crippen molar-refractivity contribution in [3.05, 3.63) is 41.3 Å². The van der Waals surface area contributed by atoms with E-state index in [0.29, 0.717) is 6.54 Å². The average molecular weight is 219 g/mol. The Kier molecular flexibility index (Phi) is 3.01. The number of nitrogens with zero attached hydrogens (tertiary/aromatic N) is 1. The van der Waals surface area contributed by atoms with Crippen molar-refractivity contribution in [1.29, 1.82) is 0 Å². The molecule has 1 heterocycles. The first-order valence-corrected chi connectivity index (χ1v) is 5.22. The van der Waals surface area contributed by atoms with Crippen LogP contribution in [-0.4, -0.2) is 16.7 Å². The molecule has 3 nitrogen and oxygen atoms in total. The van der Waals surface area contributed by atoms with Crippen LogP contribution in [0.1, 0.15) is 11.3 Å². The predicted octanol–water partition coefficient (Wildman–Crippen LogP) is 2.03. The van der Waals surface area contributed by atoms with Gasteiger partial charge in [-0.1, -0.05) is 0 Å². The zero-order valence-corrected chi connectivity index (χ0v) is 9.13. The van der Waals surface area contributed by atoms with Crippen LogP contribution in [0.15, 0.2) is 24.3 Å². The SMILES string of the molecule is Cc1[nH]nc(-c2ccc(F)cc2)c1CCN. The summed E-state index contributed by atoms with van der Waals surface area (Å²) in [5.74, 6) is -0.239. The number of hydrogen-bond acceptors (Lipinski definition) is 2. The zero-order valence-electron chi connectivity index (χ0n) is 9.13. The Morgan fingerprint density at radius 3 is 2.62 bits per heavy atom. The van der Waals surface area contributed by atoms with E-state index < -0.39 is 0 Å². The second-order valence-electron chi connectivity index (χ2n) is 3.72. The summed E-state index contributed by atoms with van der Waals surface area (Å²) in [6.45, 7) is 2.54. The molecule has 0 amide bonds. The molecule has 0 bridgehead atoms. The number of rotatable bonds is 3. The van der Waals surface area contributed by atoms with Crippen LogP contribution in [0.5, 0.6) is 0 Å². The van der Waals surface area contributed by atoms with Crippen molar-refractivity contribution in [3.8, 4) is 11.3 Å². The van der Waals surface area contributed by atoms with Crippen LogP contribution in [-0.2, 0) is 6.42 Å². The highest BCUT2D eigenvalue weighted by Gasteiger charge is 2.11. The number of aromatic nitrogens is 2. The first-order chi connectivity index (χ1) is 7.72. The molecule has 1 aromatic heterocycles. The largest absolute Gasteiger partial charge is 0.330 e. The first kappa shape index (κ1) is 10.8. The van der Waals surface area contributed by atoms with Gasteiger partial charge in [0, 0.05) is 16.8 Å². The summed E-state index contributed by atoms with van der Waals surface area (Å²) in [5.41, 5.74) is 9.46. The fraction of sp³-hybridized carbons (Fsp3) is 0.250. The predicted molar refractivity (Wildman–Crippen MR) is 61.5 cm³/mol. The minimum absolute atomic E-state index is 0.239. The highest BCUT2D eigenvalue weighted by atomic mass is 19.1. The van der Waals surface area contributed by atoms with Gasteiger partial charge in [0.1, 0.15) is 5.82 Å². The van der Waals surface area contributed by atoms with Crippen LogP contribution in [0.4, 0.5) is 4.39 Å². The quantitative estimate of drug-likeness (QED) is 0.829. The number of halogens is 1. The maximum Gasteiger partial charge on any atom is 0.123 e. The summed E-state index contributed by atoms with van der Waals surface area (Å²) < 4.78 is 12.8. The van der Waals surface area contributed by atoms with E-state index in [1.165, 1.54) is 12.1 Å². The zero-order chi connectivity index (χ0) is 11.5. The minimum atomic E-state index is -0.239. The summed E-state index contributed by atoms with van der Waals surface area (Å²) in [6.07, 6.45) is 0.773. The smallest absolute Gasteiger partial charge is 0.123 e. The van der Waals surface area contributed by atoms with Crippen molar-refractivity contribution >= 4 is 0 Å². The minimum Gasteiger partial charge on any atom is -0.330 e. The summed E-state index contributed by atoms with van der Waals surface area (Å²) in [7, 11) is 0. The van der Waals surface area contributed by atoms with Gasteiger partial charge in [0.2, 0.25) is 0 Å². The Morgan fingerprint density at radius 2 is 2.00 bits per heavy atom. The molecular weight excluding hydrogens is 205 g/mol. The number of aryl methyl sites for hydroxylation is 1. The molecular formula is C12H14FN3. The third-order valence-electron chi connectivity index (χ3n) is 2.59. The Hall–Kier alpha value is -1.68. The summed E-state index contributed by atoms with van der Waals surface area (Å²) in [4.78, 5) is 0. The molecule has 2 rings (SSSR count). The van der Waals surface area contributed by atoms with Gasteiger partial charge in [-0.3, -0.25) is 5.10 Å². The molecule has 0 saturated carbocycles. The second-order valence-corrected chi connectivity index (χ2v) is 3.72. The van der Waals surface area contributed by atoms with Crippen molar-refractivity contribution < 1.29 is 4.39 Å². The molecule has 0 atom stereocenters. The van der Waals surface area contributed by atoms with Crippen LogP contribution >= 0.6 is 0 Å². The maximum atomic E-state index is 12.8. The molecule has 4 heteroatoms. The highest BCUT2D eigenvalue weighted by molar-refractivity contribution is 5.63. The van der Waals surface area contributed by atoms with Crippen LogP contribution in [0.25, 0.3) is 11.3 Å². The van der Waals surface area contributed by atoms with E-state index in [1.54, 1.807) is 12.1 Å². The second kappa shape index (κ2) is 4.45. The molecule has 1 aromatic carbocycles. The lowest BCUT2D eigenvalue weighted by atomic mass is 10.0. The Labute approximate surface area is 93.5 Å². The Morgan fingerprint density at radius 1 is 1.31 bits per heavy atom. The van der Waals surface area contributed by atoms with Crippen molar-refractivity contribution in [2.45, 2.75) is 13.3 Å². The van der Waals surface area contributed by atoms with Crippen molar-refractivity contribution in [3.63, 3.8) is 0 Å². The number of benzene rings is 1. The molecule has 2 aromatic rings. The molecule has 0 fully saturated rings. The van der Waals surface area contributed by atoms with E-state index >= 15 is 0 Å². The van der Waals surface area contributed by atoms with Gasteiger partial charge in [0.05, 0.1) is 5.69 Å². The average Bonchev–Trinajstić information content (AvgIpc) is 2.63. The van der Waals surface area contributed by atoms with Gasteiger partial charge in [-0.15, -0.1) is 0 Å². The summed E-state index contributed by atoms with van der Waals surface area (Å²) in [6, 6.07) is 6.33. The van der Waals surface area contributed by atoms with Gasteiger partial charge in [0.15, 0.2) is 0 Å². The Bertz CT molecular complexity index is 474. The van der Waals surface area contributed by atoms with Gasteiger partial charge in [-0.2, -0.15) is 5.10 Å². The molecule has 16 heavy (non-hydrogen) atoms. The topological polar surface area (TPSA) is 54.7 Å². The van der Waals surface area contributed by atoms with Crippen LogP contribution in [0.3, 0.4) is 0 Å². The van der Waals surface area contributed by atoms with Crippen LogP contribution < -0.4 is 5.73 Å². The third kappa shape index (κ3) is 1.97. The standard InChI is InChI=1S/C12H14FN3/c1-8-11(6-7-14)12(16-15-8)9-2-4-10(13)5-3-9/h2-5H,6-7,14H2,1H3,(H,15,16). The van der Waals surface area contributed by atoms with E-state index in [2.05, 4.69) is 10.2 Å². The number of hydrogen-bond donors (Lipinski definition) is 2. The van der Waals surface area contributed by atoms with E-state index in [4.69, 9.17) is 5.73 Å². The lowest BCUT2D eigenvalue weighted by molar-refractivity contribution is 0.628. The molecule has 0 aliphatic rings. The molecule has 0 saturated heterocycles. The number of H-pyrrole nitrogens is 1.